The lowest BCUT2D eigenvalue weighted by atomic mass is 10.1. The second-order valence-electron chi connectivity index (χ2n) is 3.00. The third-order valence-electron chi connectivity index (χ3n) is 2.42. The molecular formula is C6H12N2. The predicted molar refractivity (Wildman–Crippen MR) is 32.5 cm³/mol. The molecule has 2 aliphatic rings. The zero-order chi connectivity index (χ0) is 5.56. The van der Waals surface area contributed by atoms with Crippen LogP contribution in [0.2, 0.25) is 0 Å². The summed E-state index contributed by atoms with van der Waals surface area (Å²) in [6.07, 6.45) is 2.55. The number of fused-ring (bicyclic) bond motifs is 2. The van der Waals surface area contributed by atoms with Crippen LogP contribution in [0, 0.1) is 5.92 Å². The molecule has 46 valence electrons. The van der Waals surface area contributed by atoms with Crippen molar-refractivity contribution in [1.82, 2.24) is 5.32 Å². The third-order valence-corrected chi connectivity index (χ3v) is 2.42. The highest BCUT2D eigenvalue weighted by Crippen LogP contribution is 2.29. The van der Waals surface area contributed by atoms with Gasteiger partial charge in [-0.1, -0.05) is 0 Å². The van der Waals surface area contributed by atoms with Gasteiger partial charge < -0.3 is 11.1 Å². The smallest absolute Gasteiger partial charge is 0.00946 e. The monoisotopic (exact) mass is 112 g/mol. The van der Waals surface area contributed by atoms with Crippen LogP contribution in [-0.2, 0) is 0 Å². The van der Waals surface area contributed by atoms with E-state index in [4.69, 9.17) is 5.73 Å². The minimum Gasteiger partial charge on any atom is -0.327 e. The summed E-state index contributed by atoms with van der Waals surface area (Å²) < 4.78 is 0. The molecule has 3 N–H and O–H groups in total. The van der Waals surface area contributed by atoms with Crippen LogP contribution in [0.5, 0.6) is 0 Å². The Hall–Kier alpha value is -0.0800. The predicted octanol–water partition coefficient (Wildman–Crippen LogP) is -0.305. The standard InChI is InChI=1S/C6H12N2/c7-6-2-5-1-4(6)3-8-5/h4-6,8H,1-3,7H2/t4-,5-,6+/m0/s1. The topological polar surface area (TPSA) is 38.0 Å². The lowest BCUT2D eigenvalue weighted by Gasteiger charge is -2.16. The lowest BCUT2D eigenvalue weighted by molar-refractivity contribution is 0.439. The molecule has 3 atom stereocenters. The first-order chi connectivity index (χ1) is 3.86. The molecule has 2 rings (SSSR count). The molecule has 1 saturated heterocycles. The number of nitrogens with two attached hydrogens (primary N) is 1. The van der Waals surface area contributed by atoms with Crippen molar-refractivity contribution in [2.24, 2.45) is 11.7 Å². The maximum atomic E-state index is 5.78. The van der Waals surface area contributed by atoms with Gasteiger partial charge >= 0.3 is 0 Å². The fourth-order valence-corrected chi connectivity index (χ4v) is 1.88. The van der Waals surface area contributed by atoms with Crippen LogP contribution in [0.3, 0.4) is 0 Å². The molecule has 1 aliphatic heterocycles. The van der Waals surface area contributed by atoms with E-state index >= 15 is 0 Å². The van der Waals surface area contributed by atoms with Crippen molar-refractivity contribution in [2.75, 3.05) is 6.54 Å². The fourth-order valence-electron chi connectivity index (χ4n) is 1.88. The molecule has 0 amide bonds. The summed E-state index contributed by atoms with van der Waals surface area (Å²) in [5, 5.41) is 3.41. The summed E-state index contributed by atoms with van der Waals surface area (Å²) in [5.74, 6) is 0.806. The highest BCUT2D eigenvalue weighted by Gasteiger charge is 2.36. The van der Waals surface area contributed by atoms with E-state index in [-0.39, 0.29) is 0 Å². The highest BCUT2D eigenvalue weighted by molar-refractivity contribution is 4.96. The van der Waals surface area contributed by atoms with Crippen LogP contribution in [0.4, 0.5) is 0 Å². The third kappa shape index (κ3) is 0.501. The summed E-state index contributed by atoms with van der Waals surface area (Å²) >= 11 is 0. The van der Waals surface area contributed by atoms with Gasteiger partial charge in [-0.15, -0.1) is 0 Å². The molecule has 0 spiro atoms. The summed E-state index contributed by atoms with van der Waals surface area (Å²) in [5.41, 5.74) is 5.78. The second kappa shape index (κ2) is 1.45. The van der Waals surface area contributed by atoms with Gasteiger partial charge in [0.25, 0.3) is 0 Å². The maximum absolute atomic E-state index is 5.78. The zero-order valence-electron chi connectivity index (χ0n) is 4.93. The molecule has 8 heavy (non-hydrogen) atoms. The van der Waals surface area contributed by atoms with Gasteiger partial charge in [-0.2, -0.15) is 0 Å². The van der Waals surface area contributed by atoms with E-state index in [9.17, 15) is 0 Å². The molecule has 2 fully saturated rings. The molecule has 0 radical (unpaired) electrons. The van der Waals surface area contributed by atoms with Gasteiger partial charge in [-0.3, -0.25) is 0 Å². The number of nitrogens with one attached hydrogen (secondary N) is 1. The van der Waals surface area contributed by atoms with Crippen LogP contribution in [0.15, 0.2) is 0 Å². The number of hydrogen-bond acceptors (Lipinski definition) is 2. The Kier molecular flexibility index (Phi) is 0.866. The molecule has 1 aliphatic carbocycles. The van der Waals surface area contributed by atoms with E-state index in [1.165, 1.54) is 19.4 Å². The molecule has 2 bridgehead atoms. The number of rotatable bonds is 0. The van der Waals surface area contributed by atoms with Crippen LogP contribution in [0.25, 0.3) is 0 Å². The highest BCUT2D eigenvalue weighted by atomic mass is 15.0. The van der Waals surface area contributed by atoms with E-state index in [0.717, 1.165) is 12.0 Å². The first-order valence-corrected chi connectivity index (χ1v) is 3.35. The van der Waals surface area contributed by atoms with Gasteiger partial charge in [0.15, 0.2) is 0 Å². The minimum atomic E-state index is 0.515. The Labute approximate surface area is 49.4 Å². The van der Waals surface area contributed by atoms with Crippen molar-refractivity contribution in [3.8, 4) is 0 Å². The Morgan fingerprint density at radius 2 is 2.25 bits per heavy atom. The second-order valence-corrected chi connectivity index (χ2v) is 3.00. The van der Waals surface area contributed by atoms with E-state index in [0.29, 0.717) is 6.04 Å². The first kappa shape index (κ1) is 4.77. The Morgan fingerprint density at radius 1 is 1.38 bits per heavy atom. The quantitative estimate of drug-likeness (QED) is 0.451. The van der Waals surface area contributed by atoms with E-state index < -0.39 is 0 Å². The zero-order valence-corrected chi connectivity index (χ0v) is 4.93. The van der Waals surface area contributed by atoms with Gasteiger partial charge in [0.05, 0.1) is 0 Å². The normalized spacial score (nSPS) is 52.9. The van der Waals surface area contributed by atoms with Crippen molar-refractivity contribution in [3.05, 3.63) is 0 Å². The van der Waals surface area contributed by atoms with E-state index in [1.54, 1.807) is 0 Å². The van der Waals surface area contributed by atoms with Crippen molar-refractivity contribution in [1.29, 1.82) is 0 Å². The molecule has 2 heteroatoms. The molecule has 1 heterocycles. The number of hydrogen-bond donors (Lipinski definition) is 2. The van der Waals surface area contributed by atoms with Crippen molar-refractivity contribution < 1.29 is 0 Å². The average Bonchev–Trinajstić information content (AvgIpc) is 2.23. The summed E-state index contributed by atoms with van der Waals surface area (Å²) in [6, 6.07) is 1.29. The van der Waals surface area contributed by atoms with Gasteiger partial charge in [0, 0.05) is 12.1 Å². The van der Waals surface area contributed by atoms with Gasteiger partial charge in [-0.25, -0.2) is 0 Å². The number of piperidine rings is 1. The largest absolute Gasteiger partial charge is 0.327 e. The van der Waals surface area contributed by atoms with Crippen LogP contribution in [0.1, 0.15) is 12.8 Å². The fraction of sp³-hybridized carbons (Fsp3) is 1.00. The lowest BCUT2D eigenvalue weighted by Crippen LogP contribution is -2.37. The molecular weight excluding hydrogens is 100 g/mol. The van der Waals surface area contributed by atoms with Crippen LogP contribution >= 0.6 is 0 Å². The summed E-state index contributed by atoms with van der Waals surface area (Å²) in [6.45, 7) is 1.17. The van der Waals surface area contributed by atoms with Crippen LogP contribution in [-0.4, -0.2) is 18.6 Å². The minimum absolute atomic E-state index is 0.515. The van der Waals surface area contributed by atoms with Crippen LogP contribution < -0.4 is 11.1 Å². The average molecular weight is 112 g/mol. The van der Waals surface area contributed by atoms with Gasteiger partial charge in [0.1, 0.15) is 0 Å². The van der Waals surface area contributed by atoms with Crippen molar-refractivity contribution in [2.45, 2.75) is 24.9 Å². The molecule has 0 aromatic carbocycles. The van der Waals surface area contributed by atoms with E-state index in [1.807, 2.05) is 0 Å². The Balaban J connectivity index is 2.11. The summed E-state index contributed by atoms with van der Waals surface area (Å²) in [7, 11) is 0. The Morgan fingerprint density at radius 3 is 2.50 bits per heavy atom. The molecule has 0 aromatic rings. The maximum Gasteiger partial charge on any atom is 0.00946 e. The van der Waals surface area contributed by atoms with Crippen molar-refractivity contribution in [3.63, 3.8) is 0 Å². The van der Waals surface area contributed by atoms with E-state index in [2.05, 4.69) is 5.32 Å². The van der Waals surface area contributed by atoms with Crippen molar-refractivity contribution >= 4 is 0 Å². The molecule has 0 unspecified atom stereocenters. The Bertz CT molecular complexity index is 101. The SMILES string of the molecule is N[C@@H]1C[C@@H]2C[C@H]1CN2. The molecule has 1 saturated carbocycles. The molecule has 2 nitrogen and oxygen atoms in total. The van der Waals surface area contributed by atoms with Gasteiger partial charge in [0.2, 0.25) is 0 Å². The first-order valence-electron chi connectivity index (χ1n) is 3.35. The summed E-state index contributed by atoms with van der Waals surface area (Å²) in [4.78, 5) is 0. The van der Waals surface area contributed by atoms with Gasteiger partial charge in [-0.05, 0) is 25.3 Å². The molecule has 0 aromatic heterocycles.